The number of benzene rings is 1. The van der Waals surface area contributed by atoms with Gasteiger partial charge in [-0.15, -0.1) is 0 Å². The molecule has 2 atom stereocenters. The van der Waals surface area contributed by atoms with E-state index in [2.05, 4.69) is 5.32 Å². The molecule has 1 fully saturated rings. The van der Waals surface area contributed by atoms with Crippen molar-refractivity contribution in [2.45, 2.75) is 32.2 Å². The highest BCUT2D eigenvalue weighted by Gasteiger charge is 2.31. The first-order chi connectivity index (χ1) is 12.5. The van der Waals surface area contributed by atoms with Gasteiger partial charge in [-0.2, -0.15) is 0 Å². The molecule has 26 heavy (non-hydrogen) atoms. The Kier molecular flexibility index (Phi) is 5.51. The molecule has 0 radical (unpaired) electrons. The summed E-state index contributed by atoms with van der Waals surface area (Å²) in [5, 5.41) is 11.9. The lowest BCUT2D eigenvalue weighted by Gasteiger charge is -2.25. The summed E-state index contributed by atoms with van der Waals surface area (Å²) in [7, 11) is 0. The zero-order valence-corrected chi connectivity index (χ0v) is 14.4. The molecular formula is C20H22N2O4. The lowest BCUT2D eigenvalue weighted by molar-refractivity contribution is -0.143. The highest BCUT2D eigenvalue weighted by Crippen LogP contribution is 2.29. The Morgan fingerprint density at radius 1 is 1.08 bits per heavy atom. The number of carboxylic acid groups (broad SMARTS) is 1. The Morgan fingerprint density at radius 2 is 1.81 bits per heavy atom. The number of aliphatic carboxylic acids is 1. The molecule has 1 heterocycles. The minimum atomic E-state index is -0.854. The highest BCUT2D eigenvalue weighted by molar-refractivity contribution is 5.92. The van der Waals surface area contributed by atoms with Crippen molar-refractivity contribution < 1.29 is 14.7 Å². The molecule has 136 valence electrons. The number of anilines is 1. The summed E-state index contributed by atoms with van der Waals surface area (Å²) in [4.78, 5) is 36.3. The lowest BCUT2D eigenvalue weighted by Crippen LogP contribution is -2.33. The standard InChI is InChI=1S/C20H22N2O4/c23-18(15-8-4-9-16(12-15)20(25)26)21-17-10-5-11-22(19(17)24)13-14-6-2-1-3-7-14/h1-3,5-7,10-11,15-16H,4,8-9,12-13H2,(H,21,23)(H,25,26). The van der Waals surface area contributed by atoms with Gasteiger partial charge in [0.2, 0.25) is 5.91 Å². The van der Waals surface area contributed by atoms with Crippen LogP contribution in [0.3, 0.4) is 0 Å². The number of amides is 1. The Balaban J connectivity index is 1.72. The van der Waals surface area contributed by atoms with Gasteiger partial charge in [-0.05, 0) is 37.0 Å². The number of aromatic nitrogens is 1. The zero-order chi connectivity index (χ0) is 18.5. The van der Waals surface area contributed by atoms with Crippen molar-refractivity contribution in [1.82, 2.24) is 4.57 Å². The highest BCUT2D eigenvalue weighted by atomic mass is 16.4. The number of hydrogen-bond donors (Lipinski definition) is 2. The second kappa shape index (κ2) is 7.99. The van der Waals surface area contributed by atoms with E-state index in [1.54, 1.807) is 22.9 Å². The molecule has 2 N–H and O–H groups in total. The van der Waals surface area contributed by atoms with Crippen LogP contribution in [0.15, 0.2) is 53.5 Å². The first-order valence-corrected chi connectivity index (χ1v) is 8.81. The normalized spacial score (nSPS) is 19.7. The van der Waals surface area contributed by atoms with Gasteiger partial charge in [0.15, 0.2) is 0 Å². The fraction of sp³-hybridized carbons (Fsp3) is 0.350. The molecule has 0 aliphatic heterocycles. The maximum absolute atomic E-state index is 12.6. The molecule has 1 aliphatic rings. The summed E-state index contributed by atoms with van der Waals surface area (Å²) in [6.07, 6.45) is 3.98. The maximum Gasteiger partial charge on any atom is 0.306 e. The van der Waals surface area contributed by atoms with Gasteiger partial charge < -0.3 is 15.0 Å². The molecule has 3 rings (SSSR count). The van der Waals surface area contributed by atoms with Gasteiger partial charge in [0.25, 0.3) is 5.56 Å². The van der Waals surface area contributed by atoms with Crippen LogP contribution in [0.4, 0.5) is 5.69 Å². The van der Waals surface area contributed by atoms with E-state index < -0.39 is 11.9 Å². The number of nitrogens with one attached hydrogen (secondary N) is 1. The van der Waals surface area contributed by atoms with E-state index in [1.165, 1.54) is 0 Å². The van der Waals surface area contributed by atoms with Gasteiger partial charge >= 0.3 is 5.97 Å². The Hall–Kier alpha value is -2.89. The summed E-state index contributed by atoms with van der Waals surface area (Å²) in [6.45, 7) is 0.425. The molecule has 6 heteroatoms. The predicted molar refractivity (Wildman–Crippen MR) is 98.0 cm³/mol. The fourth-order valence-electron chi connectivity index (χ4n) is 3.42. The second-order valence-electron chi connectivity index (χ2n) is 6.73. The number of carbonyl (C=O) groups is 2. The molecule has 1 aromatic heterocycles. The molecular weight excluding hydrogens is 332 g/mol. The number of nitrogens with zero attached hydrogens (tertiary/aromatic N) is 1. The van der Waals surface area contributed by atoms with Crippen LogP contribution in [-0.2, 0) is 16.1 Å². The monoisotopic (exact) mass is 354 g/mol. The van der Waals surface area contributed by atoms with Crippen molar-refractivity contribution in [3.63, 3.8) is 0 Å². The average molecular weight is 354 g/mol. The number of carboxylic acids is 1. The summed E-state index contributed by atoms with van der Waals surface area (Å²) in [5.74, 6) is -1.98. The average Bonchev–Trinajstić information content (AvgIpc) is 2.66. The van der Waals surface area contributed by atoms with E-state index in [4.69, 9.17) is 5.11 Å². The van der Waals surface area contributed by atoms with Crippen molar-refractivity contribution in [2.75, 3.05) is 5.32 Å². The molecule has 1 saturated carbocycles. The van der Waals surface area contributed by atoms with Crippen LogP contribution in [0.1, 0.15) is 31.2 Å². The SMILES string of the molecule is O=C(O)C1CCCC(C(=O)Nc2cccn(Cc3ccccc3)c2=O)C1. The van der Waals surface area contributed by atoms with Crippen LogP contribution < -0.4 is 10.9 Å². The van der Waals surface area contributed by atoms with E-state index in [0.29, 0.717) is 32.2 Å². The second-order valence-corrected chi connectivity index (χ2v) is 6.73. The van der Waals surface area contributed by atoms with Gasteiger partial charge in [-0.3, -0.25) is 14.4 Å². The first-order valence-electron chi connectivity index (χ1n) is 8.81. The number of pyridine rings is 1. The predicted octanol–water partition coefficient (Wildman–Crippen LogP) is 2.73. The molecule has 0 saturated heterocycles. The van der Waals surface area contributed by atoms with Gasteiger partial charge in [0.05, 0.1) is 12.5 Å². The van der Waals surface area contributed by atoms with Crippen molar-refractivity contribution in [1.29, 1.82) is 0 Å². The fourth-order valence-corrected chi connectivity index (χ4v) is 3.42. The van der Waals surface area contributed by atoms with E-state index in [-0.39, 0.29) is 23.1 Å². The molecule has 2 unspecified atom stereocenters. The van der Waals surface area contributed by atoms with Crippen LogP contribution in [0.5, 0.6) is 0 Å². The van der Waals surface area contributed by atoms with Crippen molar-refractivity contribution >= 4 is 17.6 Å². The van der Waals surface area contributed by atoms with E-state index in [1.807, 2.05) is 30.3 Å². The Labute approximate surface area is 151 Å². The van der Waals surface area contributed by atoms with Crippen LogP contribution in [0, 0.1) is 11.8 Å². The topological polar surface area (TPSA) is 88.4 Å². The number of carbonyl (C=O) groups excluding carboxylic acids is 1. The molecule has 1 amide bonds. The summed E-state index contributed by atoms with van der Waals surface area (Å²) < 4.78 is 1.55. The molecule has 1 aliphatic carbocycles. The smallest absolute Gasteiger partial charge is 0.306 e. The van der Waals surface area contributed by atoms with Gasteiger partial charge in [0, 0.05) is 12.1 Å². The summed E-state index contributed by atoms with van der Waals surface area (Å²) in [5.41, 5.74) is 0.954. The third-order valence-corrected chi connectivity index (χ3v) is 4.87. The van der Waals surface area contributed by atoms with E-state index in [9.17, 15) is 14.4 Å². The quantitative estimate of drug-likeness (QED) is 0.864. The van der Waals surface area contributed by atoms with Crippen molar-refractivity contribution in [2.24, 2.45) is 11.8 Å². The number of rotatable bonds is 5. The lowest BCUT2D eigenvalue weighted by atomic mass is 9.81. The Bertz CT molecular complexity index is 844. The van der Waals surface area contributed by atoms with Crippen molar-refractivity contribution in [3.8, 4) is 0 Å². The summed E-state index contributed by atoms with van der Waals surface area (Å²) in [6, 6.07) is 12.9. The number of hydrogen-bond acceptors (Lipinski definition) is 3. The maximum atomic E-state index is 12.6. The minimum Gasteiger partial charge on any atom is -0.481 e. The van der Waals surface area contributed by atoms with Gasteiger partial charge in [-0.25, -0.2) is 0 Å². The van der Waals surface area contributed by atoms with E-state index >= 15 is 0 Å². The van der Waals surface area contributed by atoms with Crippen LogP contribution in [0.25, 0.3) is 0 Å². The van der Waals surface area contributed by atoms with Gasteiger partial charge in [-0.1, -0.05) is 36.8 Å². The largest absolute Gasteiger partial charge is 0.481 e. The Morgan fingerprint density at radius 3 is 2.54 bits per heavy atom. The third-order valence-electron chi connectivity index (χ3n) is 4.87. The van der Waals surface area contributed by atoms with Crippen molar-refractivity contribution in [3.05, 3.63) is 64.6 Å². The zero-order valence-electron chi connectivity index (χ0n) is 14.4. The molecule has 1 aromatic carbocycles. The van der Waals surface area contributed by atoms with Crippen LogP contribution in [-0.4, -0.2) is 21.6 Å². The van der Waals surface area contributed by atoms with Gasteiger partial charge in [0.1, 0.15) is 5.69 Å². The first kappa shape index (κ1) is 17.9. The third kappa shape index (κ3) is 4.20. The van der Waals surface area contributed by atoms with E-state index in [0.717, 1.165) is 5.56 Å². The minimum absolute atomic E-state index is 0.228. The summed E-state index contributed by atoms with van der Waals surface area (Å²) >= 11 is 0. The van der Waals surface area contributed by atoms with Crippen LogP contribution in [0.2, 0.25) is 0 Å². The molecule has 6 nitrogen and oxygen atoms in total. The van der Waals surface area contributed by atoms with Crippen LogP contribution >= 0.6 is 0 Å². The molecule has 0 spiro atoms. The molecule has 2 aromatic rings. The molecule has 0 bridgehead atoms.